The first kappa shape index (κ1) is 16.7. The van der Waals surface area contributed by atoms with Gasteiger partial charge < -0.3 is 14.7 Å². The number of carboxylic acid groups (broad SMARTS) is 2. The minimum absolute atomic E-state index is 0.0218. The first-order valence-corrected chi connectivity index (χ1v) is 7.14. The summed E-state index contributed by atoms with van der Waals surface area (Å²) in [5.74, 6) is -2.57. The quantitative estimate of drug-likeness (QED) is 0.392. The van der Waals surface area contributed by atoms with E-state index in [0.717, 1.165) is 6.54 Å². The van der Waals surface area contributed by atoms with Gasteiger partial charge in [0.2, 0.25) is 0 Å². The molecule has 0 aromatic rings. The molecule has 18 heavy (non-hydrogen) atoms. The summed E-state index contributed by atoms with van der Waals surface area (Å²) in [6.07, 6.45) is 1.40. The second-order valence-corrected chi connectivity index (χ2v) is 6.86. The van der Waals surface area contributed by atoms with E-state index >= 15 is 0 Å². The molecule has 0 rings (SSSR count). The molecule has 0 heterocycles. The van der Waals surface area contributed by atoms with Gasteiger partial charge >= 0.3 is 19.7 Å². The second kappa shape index (κ2) is 7.24. The summed E-state index contributed by atoms with van der Waals surface area (Å²) in [6.45, 7) is 0.736. The van der Waals surface area contributed by atoms with Gasteiger partial charge in [-0.2, -0.15) is 0 Å². The molecular formula is C11H20NO5P+2. The van der Waals surface area contributed by atoms with Gasteiger partial charge in [0, 0.05) is 18.1 Å². The average molecular weight is 277 g/mol. The summed E-state index contributed by atoms with van der Waals surface area (Å²) < 4.78 is 12.4. The number of quaternary nitrogens is 1. The van der Waals surface area contributed by atoms with Gasteiger partial charge in [0.1, 0.15) is 6.54 Å². The molecule has 0 aliphatic rings. The van der Waals surface area contributed by atoms with Crippen LogP contribution in [-0.2, 0) is 14.2 Å². The van der Waals surface area contributed by atoms with Crippen molar-refractivity contribution in [2.75, 3.05) is 40.0 Å². The van der Waals surface area contributed by atoms with Crippen molar-refractivity contribution in [3.8, 4) is 0 Å². The van der Waals surface area contributed by atoms with Crippen molar-refractivity contribution in [3.63, 3.8) is 0 Å². The monoisotopic (exact) mass is 277 g/mol. The lowest BCUT2D eigenvalue weighted by Crippen LogP contribution is -2.36. The number of nitrogens with zero attached hydrogens (tertiary/aromatic N) is 1. The number of carbonyl (C=O) groups is 2. The maximum absolute atomic E-state index is 11.7. The average Bonchev–Trinajstić information content (AvgIpc) is 2.19. The number of carboxylic acids is 2. The Kier molecular flexibility index (Phi) is 6.73. The zero-order valence-electron chi connectivity index (χ0n) is 10.9. The van der Waals surface area contributed by atoms with Gasteiger partial charge in [0.05, 0.1) is 21.1 Å². The molecule has 6 nitrogen and oxygen atoms in total. The zero-order valence-corrected chi connectivity index (χ0v) is 11.8. The Morgan fingerprint density at radius 3 is 2.11 bits per heavy atom. The topological polar surface area (TPSA) is 91.7 Å². The van der Waals surface area contributed by atoms with E-state index in [1.165, 1.54) is 0 Å². The van der Waals surface area contributed by atoms with Crippen molar-refractivity contribution in [1.82, 2.24) is 0 Å². The van der Waals surface area contributed by atoms with Crippen LogP contribution in [0.25, 0.3) is 0 Å². The van der Waals surface area contributed by atoms with Crippen molar-refractivity contribution < 1.29 is 28.9 Å². The van der Waals surface area contributed by atoms with Crippen LogP contribution in [-0.4, -0.2) is 66.6 Å². The van der Waals surface area contributed by atoms with Crippen molar-refractivity contribution in [2.24, 2.45) is 0 Å². The summed E-state index contributed by atoms with van der Waals surface area (Å²) in [7, 11) is 4.46. The fraction of sp³-hybridized carbons (Fsp3) is 0.636. The molecule has 0 saturated carbocycles. The van der Waals surface area contributed by atoms with E-state index in [0.29, 0.717) is 16.7 Å². The first-order chi connectivity index (χ1) is 8.11. The smallest absolute Gasteiger partial charge is 0.344 e. The summed E-state index contributed by atoms with van der Waals surface area (Å²) in [5, 5.41) is 17.3. The molecule has 102 valence electrons. The molecule has 2 N–H and O–H groups in total. The lowest BCUT2D eigenvalue weighted by Gasteiger charge is -2.21. The van der Waals surface area contributed by atoms with E-state index in [1.807, 2.05) is 21.1 Å². The van der Waals surface area contributed by atoms with Crippen LogP contribution >= 0.6 is 7.80 Å². The third-order valence-electron chi connectivity index (χ3n) is 2.22. The van der Waals surface area contributed by atoms with Gasteiger partial charge in [0.25, 0.3) is 0 Å². The lowest BCUT2D eigenvalue weighted by atomic mass is 10.2. The van der Waals surface area contributed by atoms with Gasteiger partial charge in [-0.25, -0.2) is 9.59 Å². The Balaban J connectivity index is 4.25. The minimum Gasteiger partial charge on any atom is -0.478 e. The van der Waals surface area contributed by atoms with E-state index in [1.54, 1.807) is 0 Å². The fourth-order valence-corrected chi connectivity index (χ4v) is 2.70. The van der Waals surface area contributed by atoms with Gasteiger partial charge in [-0.3, -0.25) is 0 Å². The Labute approximate surface area is 107 Å². The van der Waals surface area contributed by atoms with Crippen LogP contribution in [0.5, 0.6) is 0 Å². The first-order valence-electron chi connectivity index (χ1n) is 5.51. The molecule has 1 unspecified atom stereocenters. The Bertz CT molecular complexity index is 370. The van der Waals surface area contributed by atoms with Crippen molar-refractivity contribution in [2.45, 2.75) is 6.42 Å². The van der Waals surface area contributed by atoms with Gasteiger partial charge in [0.15, 0.2) is 12.3 Å². The van der Waals surface area contributed by atoms with Crippen LogP contribution in [0.4, 0.5) is 0 Å². The Morgan fingerprint density at radius 2 is 1.72 bits per heavy atom. The standard InChI is InChI=1S/C11H18NO5P/c1-12(2,3)5-7-18(17)6-4-9(11(15)16)8-10(13)14/h8H,4-7H2,1-3H3/p+2/b9-8+. The second-order valence-electron chi connectivity index (χ2n) is 5.01. The van der Waals surface area contributed by atoms with Crippen LogP contribution in [0.2, 0.25) is 0 Å². The Morgan fingerprint density at radius 1 is 1.17 bits per heavy atom. The van der Waals surface area contributed by atoms with Crippen LogP contribution < -0.4 is 0 Å². The molecule has 0 radical (unpaired) electrons. The van der Waals surface area contributed by atoms with E-state index in [2.05, 4.69) is 0 Å². The van der Waals surface area contributed by atoms with Crippen LogP contribution in [0, 0.1) is 0 Å². The third-order valence-corrected chi connectivity index (χ3v) is 3.64. The molecule has 1 atom stereocenters. The summed E-state index contributed by atoms with van der Waals surface area (Å²) >= 11 is 0. The van der Waals surface area contributed by atoms with Crippen LogP contribution in [0.1, 0.15) is 6.42 Å². The third kappa shape index (κ3) is 8.84. The lowest BCUT2D eigenvalue weighted by molar-refractivity contribution is -0.867. The predicted molar refractivity (Wildman–Crippen MR) is 68.2 cm³/mol. The molecule has 0 bridgehead atoms. The number of rotatable bonds is 8. The van der Waals surface area contributed by atoms with Gasteiger partial charge in [-0.05, 0) is 0 Å². The highest BCUT2D eigenvalue weighted by Gasteiger charge is 2.22. The molecule has 0 saturated heterocycles. The van der Waals surface area contributed by atoms with E-state index in [-0.39, 0.29) is 18.2 Å². The number of aliphatic carboxylic acids is 2. The molecule has 0 aromatic carbocycles. The number of hydrogen-bond acceptors (Lipinski definition) is 3. The Hall–Kier alpha value is -1.26. The van der Waals surface area contributed by atoms with E-state index in [9.17, 15) is 14.2 Å². The SMILES string of the molecule is C[N+](C)(C)CC[P+](=O)CC/C(=C\C(=O)O)C(=O)O. The van der Waals surface area contributed by atoms with Crippen molar-refractivity contribution in [3.05, 3.63) is 11.6 Å². The molecule has 7 heteroatoms. The molecule has 0 aliphatic carbocycles. The maximum atomic E-state index is 11.7. The fourth-order valence-electron chi connectivity index (χ4n) is 1.16. The molecule has 0 aliphatic heterocycles. The van der Waals surface area contributed by atoms with Crippen LogP contribution in [0.3, 0.4) is 0 Å². The normalized spacial score (nSPS) is 13.3. The zero-order chi connectivity index (χ0) is 14.3. The minimum atomic E-state index is -1.49. The molecule has 0 fully saturated rings. The largest absolute Gasteiger partial charge is 0.478 e. The summed E-state index contributed by atoms with van der Waals surface area (Å²) in [5.41, 5.74) is -0.212. The maximum Gasteiger partial charge on any atom is 0.344 e. The van der Waals surface area contributed by atoms with Crippen LogP contribution in [0.15, 0.2) is 11.6 Å². The molecule has 0 spiro atoms. The van der Waals surface area contributed by atoms with Crippen molar-refractivity contribution >= 4 is 19.7 Å². The van der Waals surface area contributed by atoms with Gasteiger partial charge in [-0.1, -0.05) is 4.57 Å². The van der Waals surface area contributed by atoms with Crippen molar-refractivity contribution in [1.29, 1.82) is 0 Å². The van der Waals surface area contributed by atoms with Gasteiger partial charge in [-0.15, -0.1) is 0 Å². The highest BCUT2D eigenvalue weighted by Crippen LogP contribution is 2.23. The van der Waals surface area contributed by atoms with E-state index < -0.39 is 19.7 Å². The predicted octanol–water partition coefficient (Wildman–Crippen LogP) is 1.01. The highest BCUT2D eigenvalue weighted by atomic mass is 31.1. The highest BCUT2D eigenvalue weighted by molar-refractivity contribution is 7.44. The molecule has 0 aromatic heterocycles. The van der Waals surface area contributed by atoms with E-state index in [4.69, 9.17) is 10.2 Å². The molecular weight excluding hydrogens is 257 g/mol. The summed E-state index contributed by atoms with van der Waals surface area (Å²) in [6, 6.07) is 0. The summed E-state index contributed by atoms with van der Waals surface area (Å²) in [4.78, 5) is 21.1. The number of hydrogen-bond donors (Lipinski definition) is 2. The molecule has 0 amide bonds.